The number of nitrogens with one attached hydrogen (secondary N) is 1. The number of amides is 1. The Morgan fingerprint density at radius 2 is 2.00 bits per heavy atom. The van der Waals surface area contributed by atoms with Crippen LogP contribution in [0.2, 0.25) is 0 Å². The van der Waals surface area contributed by atoms with Gasteiger partial charge < -0.3 is 10.2 Å². The molecule has 2 aromatic heterocycles. The molecule has 0 aliphatic rings. The lowest BCUT2D eigenvalue weighted by molar-refractivity contribution is -0.114. The summed E-state index contributed by atoms with van der Waals surface area (Å²) < 4.78 is 4.11. The van der Waals surface area contributed by atoms with Crippen molar-refractivity contribution in [3.63, 3.8) is 0 Å². The maximum atomic E-state index is 11.4. The highest BCUT2D eigenvalue weighted by atomic mass is 32.1. The van der Waals surface area contributed by atoms with Gasteiger partial charge in [0.15, 0.2) is 21.0 Å². The molecule has 126 valence electrons. The maximum absolute atomic E-state index is 11.4. The Balaban J connectivity index is 2.38. The average Bonchev–Trinajstić information content (AvgIpc) is 3.09. The number of carbonyl (C=O) groups is 1. The highest BCUT2D eigenvalue weighted by molar-refractivity contribution is 7.19. The van der Waals surface area contributed by atoms with E-state index in [0.29, 0.717) is 27.2 Å². The molecule has 0 aliphatic heterocycles. The maximum Gasteiger partial charge on any atom is 0.247 e. The van der Waals surface area contributed by atoms with E-state index in [1.807, 2.05) is 13.8 Å². The monoisotopic (exact) mass is 363 g/mol. The van der Waals surface area contributed by atoms with Crippen molar-refractivity contribution in [2.75, 3.05) is 23.3 Å². The first-order chi connectivity index (χ1) is 11.5. The molecule has 1 amide bonds. The summed E-state index contributed by atoms with van der Waals surface area (Å²) in [6, 6.07) is 0. The zero-order valence-corrected chi connectivity index (χ0v) is 15.5. The van der Waals surface area contributed by atoms with Crippen LogP contribution >= 0.6 is 22.9 Å². The minimum absolute atomic E-state index is 0.224. The van der Waals surface area contributed by atoms with Crippen molar-refractivity contribution < 1.29 is 4.79 Å². The van der Waals surface area contributed by atoms with Crippen molar-refractivity contribution in [3.8, 4) is 0 Å². The zero-order chi connectivity index (χ0) is 17.7. The number of hydrogen-bond acceptors (Lipinski definition) is 8. The van der Waals surface area contributed by atoms with Gasteiger partial charge >= 0.3 is 0 Å². The summed E-state index contributed by atoms with van der Waals surface area (Å²) in [6.45, 7) is 16.0. The van der Waals surface area contributed by atoms with Gasteiger partial charge in [-0.3, -0.25) is 4.79 Å². The first-order valence-electron chi connectivity index (χ1n) is 7.28. The molecule has 2 heterocycles. The van der Waals surface area contributed by atoms with Crippen LogP contribution in [0.4, 0.5) is 26.6 Å². The normalized spacial score (nSPS) is 10.8. The van der Waals surface area contributed by atoms with Crippen molar-refractivity contribution >= 4 is 55.4 Å². The minimum atomic E-state index is -0.224. The Bertz CT molecular complexity index is 799. The van der Waals surface area contributed by atoms with Gasteiger partial charge in [-0.05, 0) is 32.3 Å². The molecule has 0 radical (unpaired) electrons. The molecule has 0 spiro atoms. The van der Waals surface area contributed by atoms with Gasteiger partial charge in [0, 0.05) is 20.0 Å². The van der Waals surface area contributed by atoms with Crippen LogP contribution in [-0.4, -0.2) is 28.4 Å². The summed E-state index contributed by atoms with van der Waals surface area (Å²) in [5, 5.41) is 12.7. The van der Waals surface area contributed by atoms with Crippen LogP contribution in [0.15, 0.2) is 10.2 Å². The lowest BCUT2D eigenvalue weighted by Gasteiger charge is -2.16. The van der Waals surface area contributed by atoms with Gasteiger partial charge in [-0.15, -0.1) is 10.2 Å². The van der Waals surface area contributed by atoms with Crippen molar-refractivity contribution in [2.24, 2.45) is 10.2 Å². The van der Waals surface area contributed by atoms with Gasteiger partial charge in [0.05, 0.1) is 12.3 Å². The fraction of sp³-hybridized carbons (Fsp3) is 0.429. The second-order valence-electron chi connectivity index (χ2n) is 4.74. The largest absolute Gasteiger partial charge is 0.349 e. The van der Waals surface area contributed by atoms with E-state index in [9.17, 15) is 4.79 Å². The molecule has 10 heteroatoms. The quantitative estimate of drug-likeness (QED) is 0.596. The lowest BCUT2D eigenvalue weighted by atomic mass is 10.4. The third kappa shape index (κ3) is 3.93. The Morgan fingerprint density at radius 3 is 2.58 bits per heavy atom. The van der Waals surface area contributed by atoms with Crippen LogP contribution in [0, 0.1) is 13.5 Å². The lowest BCUT2D eigenvalue weighted by Crippen LogP contribution is -2.21. The summed E-state index contributed by atoms with van der Waals surface area (Å²) in [5.74, 6) is 0.155. The van der Waals surface area contributed by atoms with Crippen LogP contribution in [0.5, 0.6) is 0 Å². The molecular weight excluding hydrogens is 346 g/mol. The Morgan fingerprint density at radius 1 is 1.33 bits per heavy atom. The predicted octanol–water partition coefficient (Wildman–Crippen LogP) is 4.68. The number of aryl methyl sites for hydroxylation is 1. The number of rotatable bonds is 6. The second-order valence-corrected chi connectivity index (χ2v) is 6.45. The fourth-order valence-corrected chi connectivity index (χ4v) is 3.52. The molecule has 0 bridgehead atoms. The van der Waals surface area contributed by atoms with E-state index >= 15 is 0 Å². The number of aromatic nitrogens is 2. The SMILES string of the molecule is [C-]#[N+]c1c(C)nsc1N=Nc1sc(N(CC)CC)nc1NC(C)=O. The summed E-state index contributed by atoms with van der Waals surface area (Å²) in [7, 11) is 0. The minimum Gasteiger partial charge on any atom is -0.349 e. The molecule has 0 aliphatic carbocycles. The highest BCUT2D eigenvalue weighted by Gasteiger charge is 2.16. The Hall–Kier alpha value is -2.38. The molecule has 24 heavy (non-hydrogen) atoms. The topological polar surface area (TPSA) is 87.2 Å². The van der Waals surface area contributed by atoms with E-state index in [-0.39, 0.29) is 5.91 Å². The number of hydrogen-bond donors (Lipinski definition) is 1. The van der Waals surface area contributed by atoms with Crippen molar-refractivity contribution in [1.82, 2.24) is 9.36 Å². The summed E-state index contributed by atoms with van der Waals surface area (Å²) >= 11 is 2.47. The first kappa shape index (κ1) is 18.0. The molecule has 1 N–H and O–H groups in total. The number of carbonyl (C=O) groups excluding carboxylic acids is 1. The number of anilines is 2. The third-order valence-electron chi connectivity index (χ3n) is 3.08. The number of azo groups is 1. The second kappa shape index (κ2) is 7.94. The van der Waals surface area contributed by atoms with E-state index in [1.165, 1.54) is 18.3 Å². The number of nitrogens with zero attached hydrogens (tertiary/aromatic N) is 6. The van der Waals surface area contributed by atoms with Gasteiger partial charge in [-0.25, -0.2) is 14.2 Å². The molecule has 8 nitrogen and oxygen atoms in total. The van der Waals surface area contributed by atoms with Crippen LogP contribution in [0.25, 0.3) is 4.85 Å². The van der Waals surface area contributed by atoms with Gasteiger partial charge in [0.1, 0.15) is 0 Å². The molecule has 0 aromatic carbocycles. The van der Waals surface area contributed by atoms with Crippen LogP contribution in [0.3, 0.4) is 0 Å². The Labute approximate surface area is 148 Å². The van der Waals surface area contributed by atoms with Gasteiger partial charge in [0.2, 0.25) is 11.6 Å². The van der Waals surface area contributed by atoms with Crippen molar-refractivity contribution in [3.05, 3.63) is 17.1 Å². The van der Waals surface area contributed by atoms with E-state index in [4.69, 9.17) is 6.57 Å². The van der Waals surface area contributed by atoms with E-state index in [2.05, 4.69) is 34.6 Å². The smallest absolute Gasteiger partial charge is 0.247 e. The third-order valence-corrected chi connectivity index (χ3v) is 4.90. The molecule has 2 rings (SSSR count). The fourth-order valence-electron chi connectivity index (χ4n) is 1.88. The van der Waals surface area contributed by atoms with E-state index in [0.717, 1.165) is 29.8 Å². The van der Waals surface area contributed by atoms with Crippen LogP contribution < -0.4 is 10.2 Å². The standard InChI is InChI=1S/C14H17N7OS2/c1-6-21(7-2)14-17-11(16-9(4)22)13(23-14)19-18-12-10(15-5)8(3)20-24-12/h6-7H2,1-4H3,(H,16,22). The summed E-state index contributed by atoms with van der Waals surface area (Å²) in [6.07, 6.45) is 0. The van der Waals surface area contributed by atoms with Gasteiger partial charge in [-0.2, -0.15) is 0 Å². The first-order valence-corrected chi connectivity index (χ1v) is 8.87. The molecule has 0 atom stereocenters. The predicted molar refractivity (Wildman–Crippen MR) is 97.3 cm³/mol. The average molecular weight is 363 g/mol. The van der Waals surface area contributed by atoms with Gasteiger partial charge in [0.25, 0.3) is 0 Å². The van der Waals surface area contributed by atoms with Crippen LogP contribution in [0.1, 0.15) is 26.5 Å². The number of thiazole rings is 1. The van der Waals surface area contributed by atoms with Crippen molar-refractivity contribution in [2.45, 2.75) is 27.7 Å². The Kier molecular flexibility index (Phi) is 5.94. The van der Waals surface area contributed by atoms with Crippen LogP contribution in [-0.2, 0) is 4.79 Å². The highest BCUT2D eigenvalue weighted by Crippen LogP contribution is 2.41. The molecule has 0 fully saturated rings. The van der Waals surface area contributed by atoms with Gasteiger partial charge in [-0.1, -0.05) is 11.3 Å². The molecule has 0 saturated heterocycles. The molecule has 2 aromatic rings. The molecular formula is C14H17N7OS2. The molecule has 0 saturated carbocycles. The van der Waals surface area contributed by atoms with E-state index < -0.39 is 0 Å². The van der Waals surface area contributed by atoms with E-state index in [1.54, 1.807) is 6.92 Å². The summed E-state index contributed by atoms with van der Waals surface area (Å²) in [4.78, 5) is 21.3. The summed E-state index contributed by atoms with van der Waals surface area (Å²) in [5.41, 5.74) is 1.04. The molecule has 0 unspecified atom stereocenters. The zero-order valence-electron chi connectivity index (χ0n) is 13.8. The van der Waals surface area contributed by atoms with Crippen molar-refractivity contribution in [1.29, 1.82) is 0 Å².